The minimum Gasteiger partial charge on any atom is -0.399 e. The first-order valence-electron chi connectivity index (χ1n) is 5.89. The number of nitrogens with two attached hydrogens (primary N) is 1. The van der Waals surface area contributed by atoms with E-state index in [1.54, 1.807) is 31.3 Å². The van der Waals surface area contributed by atoms with Gasteiger partial charge in [0.2, 0.25) is 0 Å². The summed E-state index contributed by atoms with van der Waals surface area (Å²) in [6.45, 7) is 1.80. The molecule has 6 heteroatoms. The number of fused-ring (bicyclic) bond motifs is 1. The Bertz CT molecular complexity index is 758. The van der Waals surface area contributed by atoms with Crippen LogP contribution in [0.2, 0.25) is 0 Å². The van der Waals surface area contributed by atoms with Gasteiger partial charge in [0.1, 0.15) is 5.82 Å². The van der Waals surface area contributed by atoms with E-state index in [2.05, 4.69) is 20.9 Å². The Balaban J connectivity index is 2.14. The Hall–Kier alpha value is -2.21. The highest BCUT2D eigenvalue weighted by Crippen LogP contribution is 2.30. The SMILES string of the molecule is Cc1cc(Br)cnc1N1C(=O)c2ccc(N)cc2C1=O. The first-order chi connectivity index (χ1) is 9.49. The zero-order valence-corrected chi connectivity index (χ0v) is 12.1. The topological polar surface area (TPSA) is 76.3 Å². The summed E-state index contributed by atoms with van der Waals surface area (Å²) in [7, 11) is 0. The second kappa shape index (κ2) is 4.42. The first-order valence-corrected chi connectivity index (χ1v) is 6.69. The molecular weight excluding hydrogens is 322 g/mol. The molecule has 3 rings (SSSR count). The number of nitrogen functional groups attached to an aromatic ring is 1. The van der Waals surface area contributed by atoms with Crippen LogP contribution in [-0.2, 0) is 0 Å². The molecule has 100 valence electrons. The van der Waals surface area contributed by atoms with E-state index in [0.29, 0.717) is 22.6 Å². The van der Waals surface area contributed by atoms with Gasteiger partial charge < -0.3 is 5.73 Å². The highest BCUT2D eigenvalue weighted by atomic mass is 79.9. The zero-order valence-electron chi connectivity index (χ0n) is 10.6. The molecule has 0 saturated heterocycles. The van der Waals surface area contributed by atoms with E-state index < -0.39 is 5.91 Å². The maximum atomic E-state index is 12.4. The maximum absolute atomic E-state index is 12.4. The molecule has 1 aromatic heterocycles. The third-order valence-electron chi connectivity index (χ3n) is 3.14. The van der Waals surface area contributed by atoms with Crippen molar-refractivity contribution in [2.24, 2.45) is 0 Å². The Morgan fingerprint density at radius 2 is 1.85 bits per heavy atom. The highest BCUT2D eigenvalue weighted by Gasteiger charge is 2.38. The summed E-state index contributed by atoms with van der Waals surface area (Å²) in [4.78, 5) is 30.0. The molecule has 0 unspecified atom stereocenters. The summed E-state index contributed by atoms with van der Waals surface area (Å²) in [5, 5.41) is 0. The second-order valence-corrected chi connectivity index (χ2v) is 5.46. The molecule has 1 aliphatic heterocycles. The van der Waals surface area contributed by atoms with Crippen LogP contribution in [-0.4, -0.2) is 16.8 Å². The lowest BCUT2D eigenvalue weighted by Crippen LogP contribution is -2.30. The monoisotopic (exact) mass is 331 g/mol. The molecule has 0 aliphatic carbocycles. The van der Waals surface area contributed by atoms with Crippen LogP contribution < -0.4 is 10.6 Å². The van der Waals surface area contributed by atoms with Gasteiger partial charge in [-0.3, -0.25) is 9.59 Å². The molecule has 20 heavy (non-hydrogen) atoms. The fraction of sp³-hybridized carbons (Fsp3) is 0.0714. The number of pyridine rings is 1. The normalized spacial score (nSPS) is 13.8. The van der Waals surface area contributed by atoms with Crippen molar-refractivity contribution < 1.29 is 9.59 Å². The number of carbonyl (C=O) groups excluding carboxylic acids is 2. The number of nitrogens with zero attached hydrogens (tertiary/aromatic N) is 2. The number of benzene rings is 1. The molecular formula is C14H10BrN3O2. The summed E-state index contributed by atoms with van der Waals surface area (Å²) in [5.41, 5.74) is 7.53. The number of halogens is 1. The van der Waals surface area contributed by atoms with Crippen LogP contribution in [0.3, 0.4) is 0 Å². The molecule has 0 bridgehead atoms. The molecule has 1 aromatic carbocycles. The van der Waals surface area contributed by atoms with Crippen LogP contribution in [0.15, 0.2) is 34.9 Å². The Morgan fingerprint density at radius 1 is 1.15 bits per heavy atom. The molecule has 2 N–H and O–H groups in total. The molecule has 0 radical (unpaired) electrons. The zero-order chi connectivity index (χ0) is 14.4. The molecule has 1 aliphatic rings. The fourth-order valence-electron chi connectivity index (χ4n) is 2.22. The number of hydrogen-bond donors (Lipinski definition) is 1. The van der Waals surface area contributed by atoms with Crippen LogP contribution in [0.25, 0.3) is 0 Å². The number of imide groups is 1. The Kier molecular flexibility index (Phi) is 2.83. The van der Waals surface area contributed by atoms with Gasteiger partial charge in [0.25, 0.3) is 11.8 Å². The minimum atomic E-state index is -0.393. The molecule has 5 nitrogen and oxygen atoms in total. The second-order valence-electron chi connectivity index (χ2n) is 4.54. The van der Waals surface area contributed by atoms with E-state index in [-0.39, 0.29) is 5.91 Å². The van der Waals surface area contributed by atoms with Crippen LogP contribution >= 0.6 is 15.9 Å². The number of anilines is 2. The summed E-state index contributed by atoms with van der Waals surface area (Å²) in [6.07, 6.45) is 1.56. The lowest BCUT2D eigenvalue weighted by atomic mass is 10.1. The van der Waals surface area contributed by atoms with Gasteiger partial charge in [0, 0.05) is 16.4 Å². The van der Waals surface area contributed by atoms with E-state index in [1.165, 1.54) is 6.07 Å². The largest absolute Gasteiger partial charge is 0.399 e. The average Bonchev–Trinajstić information content (AvgIpc) is 2.63. The predicted molar refractivity (Wildman–Crippen MR) is 78.7 cm³/mol. The van der Waals surface area contributed by atoms with Gasteiger partial charge in [-0.15, -0.1) is 0 Å². The quantitative estimate of drug-likeness (QED) is 0.643. The van der Waals surface area contributed by atoms with Gasteiger partial charge in [-0.25, -0.2) is 9.88 Å². The number of carbonyl (C=O) groups is 2. The molecule has 0 atom stereocenters. The molecule has 2 heterocycles. The van der Waals surface area contributed by atoms with Crippen LogP contribution in [0, 0.1) is 6.92 Å². The lowest BCUT2D eigenvalue weighted by molar-refractivity contribution is 0.0925. The standard InChI is InChI=1S/C14H10BrN3O2/c1-7-4-8(15)6-17-12(7)18-13(19)10-3-2-9(16)5-11(10)14(18)20/h2-6H,16H2,1H3. The predicted octanol–water partition coefficient (Wildman–Crippen LogP) is 2.54. The number of aromatic nitrogens is 1. The Morgan fingerprint density at radius 3 is 2.55 bits per heavy atom. The van der Waals surface area contributed by atoms with Crippen molar-refractivity contribution in [3.05, 3.63) is 51.6 Å². The maximum Gasteiger partial charge on any atom is 0.267 e. The highest BCUT2D eigenvalue weighted by molar-refractivity contribution is 9.10. The van der Waals surface area contributed by atoms with Gasteiger partial charge in [-0.05, 0) is 52.7 Å². The van der Waals surface area contributed by atoms with Crippen molar-refractivity contribution in [3.63, 3.8) is 0 Å². The molecule has 2 amide bonds. The van der Waals surface area contributed by atoms with Crippen molar-refractivity contribution in [3.8, 4) is 0 Å². The van der Waals surface area contributed by atoms with Gasteiger partial charge in [0.05, 0.1) is 11.1 Å². The van der Waals surface area contributed by atoms with Crippen LogP contribution in [0.4, 0.5) is 11.5 Å². The van der Waals surface area contributed by atoms with E-state index in [9.17, 15) is 9.59 Å². The molecule has 0 fully saturated rings. The molecule has 0 saturated carbocycles. The summed E-state index contributed by atoms with van der Waals surface area (Å²) in [6, 6.07) is 6.50. The van der Waals surface area contributed by atoms with Crippen molar-refractivity contribution in [1.82, 2.24) is 4.98 Å². The van der Waals surface area contributed by atoms with Crippen LogP contribution in [0.1, 0.15) is 26.3 Å². The first kappa shape index (κ1) is 12.8. The smallest absolute Gasteiger partial charge is 0.267 e. The lowest BCUT2D eigenvalue weighted by Gasteiger charge is -2.15. The summed E-state index contributed by atoms with van der Waals surface area (Å²) < 4.78 is 0.791. The fourth-order valence-corrected chi connectivity index (χ4v) is 2.66. The Labute approximate surface area is 123 Å². The number of hydrogen-bond acceptors (Lipinski definition) is 4. The third kappa shape index (κ3) is 1.80. The van der Waals surface area contributed by atoms with E-state index in [4.69, 9.17) is 5.73 Å². The summed E-state index contributed by atoms with van der Waals surface area (Å²) >= 11 is 3.31. The van der Waals surface area contributed by atoms with Crippen molar-refractivity contribution >= 4 is 39.2 Å². The van der Waals surface area contributed by atoms with Crippen molar-refractivity contribution in [2.75, 3.05) is 10.6 Å². The van der Waals surface area contributed by atoms with Gasteiger partial charge in [-0.1, -0.05) is 0 Å². The van der Waals surface area contributed by atoms with Crippen molar-refractivity contribution in [1.29, 1.82) is 0 Å². The van der Waals surface area contributed by atoms with Gasteiger partial charge in [-0.2, -0.15) is 0 Å². The molecule has 0 spiro atoms. The number of amides is 2. The minimum absolute atomic E-state index is 0.319. The molecule has 2 aromatic rings. The number of aryl methyl sites for hydroxylation is 1. The number of rotatable bonds is 1. The third-order valence-corrected chi connectivity index (χ3v) is 3.57. The van der Waals surface area contributed by atoms with E-state index in [1.807, 2.05) is 0 Å². The van der Waals surface area contributed by atoms with E-state index >= 15 is 0 Å². The van der Waals surface area contributed by atoms with Crippen molar-refractivity contribution in [2.45, 2.75) is 6.92 Å². The van der Waals surface area contributed by atoms with Crippen LogP contribution in [0.5, 0.6) is 0 Å². The van der Waals surface area contributed by atoms with Gasteiger partial charge >= 0.3 is 0 Å². The summed E-state index contributed by atoms with van der Waals surface area (Å²) in [5.74, 6) is -0.420. The van der Waals surface area contributed by atoms with Gasteiger partial charge in [0.15, 0.2) is 0 Å². The average molecular weight is 332 g/mol. The van der Waals surface area contributed by atoms with E-state index in [0.717, 1.165) is 14.9 Å².